The molecule has 1 atom stereocenters. The number of hydrogen-bond donors (Lipinski definition) is 0. The third-order valence-electron chi connectivity index (χ3n) is 2.97. The molecule has 1 fully saturated rings. The van der Waals surface area contributed by atoms with Crippen LogP contribution in [-0.4, -0.2) is 47.0 Å². The van der Waals surface area contributed by atoms with Gasteiger partial charge in [0.1, 0.15) is 6.54 Å². The minimum Gasteiger partial charge on any atom is -0.465 e. The van der Waals surface area contributed by atoms with Crippen LogP contribution in [0.2, 0.25) is 0 Å². The Hall–Kier alpha value is -0.710. The number of amides is 1. The molecule has 1 amide bonds. The molecule has 104 valence electrons. The van der Waals surface area contributed by atoms with Crippen LogP contribution in [0, 0.1) is 0 Å². The van der Waals surface area contributed by atoms with Crippen molar-refractivity contribution in [2.75, 3.05) is 18.9 Å². The molecule has 1 unspecified atom stereocenters. The van der Waals surface area contributed by atoms with Gasteiger partial charge < -0.3 is 9.64 Å². The molecule has 1 heterocycles. The first-order chi connectivity index (χ1) is 8.56. The molecular formula is C13H23NO3S. The molecule has 0 bridgehead atoms. The highest BCUT2D eigenvalue weighted by Gasteiger charge is 2.29. The van der Waals surface area contributed by atoms with E-state index in [1.54, 1.807) is 23.6 Å². The summed E-state index contributed by atoms with van der Waals surface area (Å²) in [6.07, 6.45) is 3.22. The van der Waals surface area contributed by atoms with Gasteiger partial charge in [-0.2, -0.15) is 0 Å². The molecule has 0 aromatic carbocycles. The van der Waals surface area contributed by atoms with E-state index in [1.807, 2.05) is 13.8 Å². The van der Waals surface area contributed by atoms with Crippen molar-refractivity contribution in [3.8, 4) is 0 Å². The number of nitrogens with zero attached hydrogens (tertiary/aromatic N) is 1. The smallest absolute Gasteiger partial charge is 0.325 e. The van der Waals surface area contributed by atoms with Crippen molar-refractivity contribution in [2.45, 2.75) is 51.3 Å². The second kappa shape index (κ2) is 7.67. The van der Waals surface area contributed by atoms with E-state index in [1.165, 1.54) is 6.42 Å². The molecule has 18 heavy (non-hydrogen) atoms. The molecule has 1 aliphatic heterocycles. The SMILES string of the molecule is CCOC(=O)CN(C(=O)C1CCCCS1)C(C)C. The Morgan fingerprint density at radius 2 is 2.11 bits per heavy atom. The number of rotatable bonds is 5. The predicted octanol–water partition coefficient (Wildman–Crippen LogP) is 2.07. The lowest BCUT2D eigenvalue weighted by Crippen LogP contribution is -2.46. The molecule has 1 aliphatic rings. The zero-order chi connectivity index (χ0) is 13.5. The van der Waals surface area contributed by atoms with E-state index >= 15 is 0 Å². The first-order valence-electron chi connectivity index (χ1n) is 6.64. The third kappa shape index (κ3) is 4.52. The van der Waals surface area contributed by atoms with Crippen LogP contribution in [0.3, 0.4) is 0 Å². The Morgan fingerprint density at radius 3 is 2.61 bits per heavy atom. The molecule has 0 aromatic rings. The molecule has 5 heteroatoms. The van der Waals surface area contributed by atoms with E-state index < -0.39 is 0 Å². The Labute approximate surface area is 113 Å². The Kier molecular flexibility index (Phi) is 6.54. The number of thioether (sulfide) groups is 1. The molecule has 0 radical (unpaired) electrons. The van der Waals surface area contributed by atoms with E-state index in [9.17, 15) is 9.59 Å². The van der Waals surface area contributed by atoms with E-state index in [-0.39, 0.29) is 29.7 Å². The van der Waals surface area contributed by atoms with Gasteiger partial charge in [-0.15, -0.1) is 11.8 Å². The molecule has 0 aliphatic carbocycles. The summed E-state index contributed by atoms with van der Waals surface area (Å²) in [6, 6.07) is 0.0319. The van der Waals surface area contributed by atoms with Gasteiger partial charge in [0.15, 0.2) is 0 Å². The number of ether oxygens (including phenoxy) is 1. The second-order valence-corrected chi connectivity index (χ2v) is 6.03. The summed E-state index contributed by atoms with van der Waals surface area (Å²) in [5, 5.41) is 0.0237. The second-order valence-electron chi connectivity index (χ2n) is 4.72. The van der Waals surface area contributed by atoms with Crippen molar-refractivity contribution < 1.29 is 14.3 Å². The van der Waals surface area contributed by atoms with Crippen LogP contribution in [0.25, 0.3) is 0 Å². The fourth-order valence-corrected chi connectivity index (χ4v) is 3.25. The van der Waals surface area contributed by atoms with Crippen LogP contribution in [0.5, 0.6) is 0 Å². The largest absolute Gasteiger partial charge is 0.465 e. The minimum absolute atomic E-state index is 0.0237. The zero-order valence-electron chi connectivity index (χ0n) is 11.5. The summed E-state index contributed by atoms with van der Waals surface area (Å²) >= 11 is 1.71. The maximum atomic E-state index is 12.4. The van der Waals surface area contributed by atoms with Gasteiger partial charge in [-0.05, 0) is 39.4 Å². The van der Waals surface area contributed by atoms with Crippen LogP contribution in [0.1, 0.15) is 40.0 Å². The normalized spacial score (nSPS) is 19.7. The van der Waals surface area contributed by atoms with E-state index in [0.29, 0.717) is 6.61 Å². The average molecular weight is 273 g/mol. The van der Waals surface area contributed by atoms with Crippen molar-refractivity contribution in [2.24, 2.45) is 0 Å². The van der Waals surface area contributed by atoms with Gasteiger partial charge in [0.05, 0.1) is 11.9 Å². The third-order valence-corrected chi connectivity index (χ3v) is 4.33. The highest BCUT2D eigenvalue weighted by atomic mass is 32.2. The summed E-state index contributed by atoms with van der Waals surface area (Å²) in [5.41, 5.74) is 0. The standard InChI is InChI=1S/C13H23NO3S/c1-4-17-12(15)9-14(10(2)3)13(16)11-7-5-6-8-18-11/h10-11H,4-9H2,1-3H3. The summed E-state index contributed by atoms with van der Waals surface area (Å²) in [7, 11) is 0. The average Bonchev–Trinajstić information content (AvgIpc) is 2.36. The Bertz CT molecular complexity index is 288. The van der Waals surface area contributed by atoms with Crippen molar-refractivity contribution in [1.82, 2.24) is 4.90 Å². The lowest BCUT2D eigenvalue weighted by atomic mass is 10.1. The van der Waals surface area contributed by atoms with Crippen molar-refractivity contribution >= 4 is 23.6 Å². The van der Waals surface area contributed by atoms with Gasteiger partial charge in [0.2, 0.25) is 5.91 Å². The Morgan fingerprint density at radius 1 is 1.39 bits per heavy atom. The quantitative estimate of drug-likeness (QED) is 0.719. The summed E-state index contributed by atoms with van der Waals surface area (Å²) in [5.74, 6) is 0.810. The lowest BCUT2D eigenvalue weighted by Gasteiger charge is -2.31. The van der Waals surface area contributed by atoms with Gasteiger partial charge in [-0.3, -0.25) is 9.59 Å². The number of esters is 1. The van der Waals surface area contributed by atoms with Gasteiger partial charge in [0, 0.05) is 6.04 Å². The van der Waals surface area contributed by atoms with Crippen LogP contribution in [0.4, 0.5) is 0 Å². The fraction of sp³-hybridized carbons (Fsp3) is 0.846. The van der Waals surface area contributed by atoms with Crippen LogP contribution in [-0.2, 0) is 14.3 Å². The topological polar surface area (TPSA) is 46.6 Å². The monoisotopic (exact) mass is 273 g/mol. The van der Waals surface area contributed by atoms with Crippen LogP contribution >= 0.6 is 11.8 Å². The fourth-order valence-electron chi connectivity index (χ4n) is 1.98. The maximum absolute atomic E-state index is 12.4. The molecule has 0 spiro atoms. The van der Waals surface area contributed by atoms with Crippen molar-refractivity contribution in [1.29, 1.82) is 0 Å². The highest BCUT2D eigenvalue weighted by Crippen LogP contribution is 2.27. The van der Waals surface area contributed by atoms with Crippen molar-refractivity contribution in [3.05, 3.63) is 0 Å². The number of carbonyl (C=O) groups excluding carboxylic acids is 2. The molecule has 4 nitrogen and oxygen atoms in total. The summed E-state index contributed by atoms with van der Waals surface area (Å²) < 4.78 is 4.92. The van der Waals surface area contributed by atoms with Crippen LogP contribution < -0.4 is 0 Å². The molecule has 1 saturated heterocycles. The lowest BCUT2D eigenvalue weighted by molar-refractivity contribution is -0.149. The van der Waals surface area contributed by atoms with Crippen molar-refractivity contribution in [3.63, 3.8) is 0 Å². The molecule has 0 N–H and O–H groups in total. The highest BCUT2D eigenvalue weighted by molar-refractivity contribution is 8.00. The van der Waals surface area contributed by atoms with E-state index in [4.69, 9.17) is 4.74 Å². The predicted molar refractivity (Wildman–Crippen MR) is 73.6 cm³/mol. The summed E-state index contributed by atoms with van der Waals surface area (Å²) in [4.78, 5) is 25.5. The number of hydrogen-bond acceptors (Lipinski definition) is 4. The van der Waals surface area contributed by atoms with Crippen LogP contribution in [0.15, 0.2) is 0 Å². The molecule has 0 saturated carbocycles. The maximum Gasteiger partial charge on any atom is 0.325 e. The summed E-state index contributed by atoms with van der Waals surface area (Å²) in [6.45, 7) is 6.07. The Balaban J connectivity index is 2.59. The van der Waals surface area contributed by atoms with Gasteiger partial charge in [-0.1, -0.05) is 6.42 Å². The van der Waals surface area contributed by atoms with Gasteiger partial charge in [0.25, 0.3) is 0 Å². The molecular weight excluding hydrogens is 250 g/mol. The number of carbonyl (C=O) groups is 2. The zero-order valence-corrected chi connectivity index (χ0v) is 12.3. The molecule has 1 rings (SSSR count). The van der Waals surface area contributed by atoms with Gasteiger partial charge in [-0.25, -0.2) is 0 Å². The van der Waals surface area contributed by atoms with E-state index in [2.05, 4.69) is 0 Å². The minimum atomic E-state index is -0.319. The first-order valence-corrected chi connectivity index (χ1v) is 7.68. The van der Waals surface area contributed by atoms with Gasteiger partial charge >= 0.3 is 5.97 Å². The first kappa shape index (κ1) is 15.3. The molecule has 0 aromatic heterocycles. The van der Waals surface area contributed by atoms with E-state index in [0.717, 1.165) is 18.6 Å².